The van der Waals surface area contributed by atoms with E-state index in [1.165, 1.54) is 0 Å². The first-order chi connectivity index (χ1) is 10.6. The second-order valence-electron chi connectivity index (χ2n) is 5.24. The minimum absolute atomic E-state index is 0.129. The maximum atomic E-state index is 12.7. The Morgan fingerprint density at radius 3 is 3.09 bits per heavy atom. The number of nitrogens with zero attached hydrogens (tertiary/aromatic N) is 4. The van der Waals surface area contributed by atoms with Crippen LogP contribution in [0, 0.1) is 0 Å². The van der Waals surface area contributed by atoms with Crippen molar-refractivity contribution in [3.63, 3.8) is 0 Å². The van der Waals surface area contributed by atoms with Gasteiger partial charge in [-0.2, -0.15) is 13.8 Å². The summed E-state index contributed by atoms with van der Waals surface area (Å²) < 4.78 is 38.2. The van der Waals surface area contributed by atoms with Crippen LogP contribution >= 0.6 is 11.7 Å². The van der Waals surface area contributed by atoms with E-state index in [9.17, 15) is 8.42 Å². The van der Waals surface area contributed by atoms with Crippen molar-refractivity contribution in [2.24, 2.45) is 0 Å². The molecule has 1 aliphatic rings. The van der Waals surface area contributed by atoms with Gasteiger partial charge in [-0.15, -0.1) is 0 Å². The Morgan fingerprint density at radius 2 is 2.18 bits per heavy atom. The lowest BCUT2D eigenvalue weighted by atomic mass is 10.1. The van der Waals surface area contributed by atoms with Crippen molar-refractivity contribution < 1.29 is 8.42 Å². The van der Waals surface area contributed by atoms with Gasteiger partial charge in [-0.25, -0.2) is 13.1 Å². The van der Waals surface area contributed by atoms with Gasteiger partial charge in [-0.05, 0) is 24.6 Å². The van der Waals surface area contributed by atoms with Gasteiger partial charge < -0.3 is 0 Å². The predicted octanol–water partition coefficient (Wildman–Crippen LogP) is 1.18. The summed E-state index contributed by atoms with van der Waals surface area (Å²) in [4.78, 5) is 0.192. The van der Waals surface area contributed by atoms with E-state index in [-0.39, 0.29) is 10.9 Å². The molecule has 1 atom stereocenters. The van der Waals surface area contributed by atoms with E-state index < -0.39 is 10.0 Å². The second-order valence-corrected chi connectivity index (χ2v) is 7.46. The monoisotopic (exact) mass is 335 g/mol. The van der Waals surface area contributed by atoms with Crippen molar-refractivity contribution in [2.45, 2.75) is 30.3 Å². The Kier molecular flexibility index (Phi) is 3.21. The minimum Gasteiger partial charge on any atom is -0.269 e. The van der Waals surface area contributed by atoms with Crippen molar-refractivity contribution in [1.29, 1.82) is 0 Å². The third kappa shape index (κ3) is 2.31. The molecule has 0 bridgehead atoms. The third-order valence-corrected chi connectivity index (χ3v) is 5.90. The van der Waals surface area contributed by atoms with Crippen LogP contribution < -0.4 is 4.72 Å². The summed E-state index contributed by atoms with van der Waals surface area (Å²) in [6.07, 6.45) is 3.11. The van der Waals surface area contributed by atoms with Gasteiger partial charge >= 0.3 is 0 Å². The molecule has 4 rings (SSSR count). The molecule has 0 saturated heterocycles. The van der Waals surface area contributed by atoms with Crippen LogP contribution in [0.25, 0.3) is 11.0 Å². The third-order valence-electron chi connectivity index (χ3n) is 3.81. The molecule has 0 fully saturated rings. The highest BCUT2D eigenvalue weighted by Crippen LogP contribution is 2.22. The number of aromatic nitrogens is 4. The maximum Gasteiger partial charge on any atom is 0.243 e. The Labute approximate surface area is 131 Å². The molecule has 1 N–H and O–H groups in total. The molecular weight excluding hydrogens is 322 g/mol. The van der Waals surface area contributed by atoms with E-state index in [0.29, 0.717) is 17.5 Å². The largest absolute Gasteiger partial charge is 0.269 e. The Morgan fingerprint density at radius 1 is 1.27 bits per heavy atom. The molecule has 0 radical (unpaired) electrons. The second kappa shape index (κ2) is 5.11. The van der Waals surface area contributed by atoms with Gasteiger partial charge in [-0.3, -0.25) is 4.68 Å². The van der Waals surface area contributed by atoms with Gasteiger partial charge in [0.25, 0.3) is 0 Å². The van der Waals surface area contributed by atoms with Crippen molar-refractivity contribution >= 4 is 32.8 Å². The van der Waals surface area contributed by atoms with Crippen molar-refractivity contribution in [2.75, 3.05) is 0 Å². The standard InChI is InChI=1S/C13H13N5O2S2/c19-22(20,12-3-1-2-11-13(12)16-21-15-11)17-9-5-7-18-10(8-9)4-6-14-18/h1-4,6,9,17H,5,7-8H2/t9-/m1/s1. The number of rotatable bonds is 3. The molecule has 0 aliphatic carbocycles. The number of hydrogen-bond donors (Lipinski definition) is 1. The molecule has 114 valence electrons. The smallest absolute Gasteiger partial charge is 0.243 e. The zero-order chi connectivity index (χ0) is 15.2. The molecule has 2 aromatic heterocycles. The van der Waals surface area contributed by atoms with Crippen LogP contribution in [0.4, 0.5) is 0 Å². The first-order valence-electron chi connectivity index (χ1n) is 6.88. The van der Waals surface area contributed by atoms with E-state index in [4.69, 9.17) is 0 Å². The van der Waals surface area contributed by atoms with Crippen molar-refractivity contribution in [1.82, 2.24) is 23.2 Å². The molecule has 1 aliphatic heterocycles. The lowest BCUT2D eigenvalue weighted by Crippen LogP contribution is -2.40. The summed E-state index contributed by atoms with van der Waals surface area (Å²) in [5.41, 5.74) is 2.09. The SMILES string of the molecule is O=S(=O)(N[C@@H]1CCn2nccc2C1)c1cccc2nsnc12. The fourth-order valence-electron chi connectivity index (χ4n) is 2.75. The van der Waals surface area contributed by atoms with Gasteiger partial charge in [0.05, 0.1) is 11.7 Å². The summed E-state index contributed by atoms with van der Waals surface area (Å²) >= 11 is 1.02. The van der Waals surface area contributed by atoms with Gasteiger partial charge in [0.15, 0.2) is 0 Å². The molecule has 9 heteroatoms. The Balaban J connectivity index is 1.64. The number of fused-ring (bicyclic) bond motifs is 2. The lowest BCUT2D eigenvalue weighted by molar-refractivity contribution is 0.414. The zero-order valence-electron chi connectivity index (χ0n) is 11.5. The summed E-state index contributed by atoms with van der Waals surface area (Å²) in [6.45, 7) is 0.720. The highest BCUT2D eigenvalue weighted by molar-refractivity contribution is 7.89. The minimum atomic E-state index is -3.62. The number of nitrogens with one attached hydrogen (secondary N) is 1. The highest BCUT2D eigenvalue weighted by atomic mass is 32.2. The van der Waals surface area contributed by atoms with Crippen LogP contribution in [0.15, 0.2) is 35.4 Å². The molecule has 0 amide bonds. The molecule has 3 aromatic rings. The zero-order valence-corrected chi connectivity index (χ0v) is 13.1. The number of hydrogen-bond acceptors (Lipinski definition) is 6. The lowest BCUT2D eigenvalue weighted by Gasteiger charge is -2.24. The summed E-state index contributed by atoms with van der Waals surface area (Å²) in [7, 11) is -3.62. The van der Waals surface area contributed by atoms with E-state index in [2.05, 4.69) is 18.6 Å². The summed E-state index contributed by atoms with van der Waals surface area (Å²) in [5, 5.41) is 4.20. The van der Waals surface area contributed by atoms with Gasteiger partial charge in [0.2, 0.25) is 10.0 Å². The first kappa shape index (κ1) is 13.8. The van der Waals surface area contributed by atoms with Gasteiger partial charge in [0, 0.05) is 30.9 Å². The van der Waals surface area contributed by atoms with Crippen LogP contribution in [0.2, 0.25) is 0 Å². The van der Waals surface area contributed by atoms with Crippen molar-refractivity contribution in [3.05, 3.63) is 36.2 Å². The molecule has 3 heterocycles. The quantitative estimate of drug-likeness (QED) is 0.776. The number of aryl methyl sites for hydroxylation is 1. The summed E-state index contributed by atoms with van der Waals surface area (Å²) in [6, 6.07) is 6.81. The molecular formula is C13H13N5O2S2. The summed E-state index contributed by atoms with van der Waals surface area (Å²) in [5.74, 6) is 0. The van der Waals surface area contributed by atoms with Crippen molar-refractivity contribution in [3.8, 4) is 0 Å². The highest BCUT2D eigenvalue weighted by Gasteiger charge is 2.26. The van der Waals surface area contributed by atoms with Crippen LogP contribution in [0.3, 0.4) is 0 Å². The fraction of sp³-hybridized carbons (Fsp3) is 0.308. The van der Waals surface area contributed by atoms with E-state index in [0.717, 1.165) is 30.4 Å². The van der Waals surface area contributed by atoms with Gasteiger partial charge in [-0.1, -0.05) is 6.07 Å². The Bertz CT molecular complexity index is 931. The molecule has 0 saturated carbocycles. The number of sulfonamides is 1. The molecule has 0 unspecified atom stereocenters. The normalized spacial score (nSPS) is 18.5. The average Bonchev–Trinajstić information content (AvgIpc) is 3.14. The van der Waals surface area contributed by atoms with Gasteiger partial charge in [0.1, 0.15) is 15.9 Å². The Hall–Kier alpha value is -1.84. The van der Waals surface area contributed by atoms with E-state index in [1.54, 1.807) is 24.4 Å². The molecule has 1 aromatic carbocycles. The number of benzene rings is 1. The average molecular weight is 335 g/mol. The molecule has 7 nitrogen and oxygen atoms in total. The first-order valence-corrected chi connectivity index (χ1v) is 9.09. The van der Waals surface area contributed by atoms with Crippen LogP contribution in [-0.2, 0) is 23.0 Å². The predicted molar refractivity (Wildman–Crippen MR) is 82.1 cm³/mol. The fourth-order valence-corrected chi connectivity index (χ4v) is 4.79. The molecule has 22 heavy (non-hydrogen) atoms. The van der Waals surface area contributed by atoms with E-state index in [1.807, 2.05) is 10.7 Å². The van der Waals surface area contributed by atoms with Crippen LogP contribution in [-0.4, -0.2) is 33.0 Å². The topological polar surface area (TPSA) is 89.8 Å². The van der Waals surface area contributed by atoms with Crippen LogP contribution in [0.5, 0.6) is 0 Å². The molecule has 0 spiro atoms. The van der Waals surface area contributed by atoms with Crippen LogP contribution in [0.1, 0.15) is 12.1 Å². The van der Waals surface area contributed by atoms with E-state index >= 15 is 0 Å². The maximum absolute atomic E-state index is 12.7.